The van der Waals surface area contributed by atoms with Gasteiger partial charge in [0.15, 0.2) is 23.3 Å². The monoisotopic (exact) mass is 520 g/mol. The normalized spacial score (nSPS) is 12.2. The molecule has 0 aliphatic heterocycles. The topological polar surface area (TPSA) is 67.8 Å². The van der Waals surface area contributed by atoms with Gasteiger partial charge >= 0.3 is 15.5 Å². The van der Waals surface area contributed by atoms with Crippen LogP contribution in [0.15, 0.2) is 23.4 Å². The highest BCUT2D eigenvalue weighted by Crippen LogP contribution is 2.29. The maximum atomic E-state index is 13.7. The third-order valence-electron chi connectivity index (χ3n) is 4.05. The molecule has 0 amide bonds. The number of nitrogens with one attached hydrogen (secondary N) is 1. The van der Waals surface area contributed by atoms with E-state index in [1.165, 1.54) is 30.7 Å². The molecule has 0 atom stereocenters. The van der Waals surface area contributed by atoms with Gasteiger partial charge in [0.05, 0.1) is 17.0 Å². The number of aryl methyl sites for hydroxylation is 1. The second kappa shape index (κ2) is 11.5. The van der Waals surface area contributed by atoms with Crippen LogP contribution in [0.5, 0.6) is 0 Å². The van der Waals surface area contributed by atoms with E-state index in [9.17, 15) is 43.5 Å². The lowest BCUT2D eigenvalue weighted by molar-refractivity contribution is -0.0429. The van der Waals surface area contributed by atoms with E-state index in [4.69, 9.17) is 0 Å². The van der Waals surface area contributed by atoms with Gasteiger partial charge in [-0.2, -0.15) is 21.6 Å². The van der Waals surface area contributed by atoms with Gasteiger partial charge in [-0.1, -0.05) is 37.6 Å². The molecule has 0 unspecified atom stereocenters. The first-order valence-electron chi connectivity index (χ1n) is 9.60. The summed E-state index contributed by atoms with van der Waals surface area (Å²) in [6.45, 7) is 5.78. The number of rotatable bonds is 7. The molecular weight excluding hydrogens is 500 g/mol. The number of nitrogens with zero attached hydrogens (tertiary/aromatic N) is 1. The minimum Gasteiger partial charge on any atom is -0.390 e. The number of benzene rings is 2. The SMILES string of the molecule is CC.CC/C(=N\OCc1c(F)c(F)c(F)c(F)c1F)c1cc(C)ccc1NS(=O)(=O)C(F)(F)F. The predicted molar refractivity (Wildman–Crippen MR) is 109 cm³/mol. The highest BCUT2D eigenvalue weighted by molar-refractivity contribution is 7.93. The second-order valence-electron chi connectivity index (χ2n) is 6.31. The van der Waals surface area contributed by atoms with Gasteiger partial charge in [0, 0.05) is 5.56 Å². The van der Waals surface area contributed by atoms with Gasteiger partial charge in [-0.05, 0) is 25.5 Å². The van der Waals surface area contributed by atoms with Gasteiger partial charge in [-0.3, -0.25) is 4.72 Å². The minimum atomic E-state index is -5.78. The number of hydrogen-bond acceptors (Lipinski definition) is 4. The Morgan fingerprint density at radius 1 is 0.971 bits per heavy atom. The molecule has 0 fully saturated rings. The molecule has 2 aromatic carbocycles. The summed E-state index contributed by atoms with van der Waals surface area (Å²) in [6.07, 6.45) is -0.0682. The number of sulfonamides is 1. The lowest BCUT2D eigenvalue weighted by Crippen LogP contribution is -2.30. The van der Waals surface area contributed by atoms with Crippen LogP contribution in [0.2, 0.25) is 0 Å². The summed E-state index contributed by atoms with van der Waals surface area (Å²) in [5, 5.41) is 3.49. The van der Waals surface area contributed by atoms with E-state index in [1.54, 1.807) is 0 Å². The summed E-state index contributed by atoms with van der Waals surface area (Å²) < 4.78 is 129. The molecule has 14 heteroatoms. The quantitative estimate of drug-likeness (QED) is 0.153. The summed E-state index contributed by atoms with van der Waals surface area (Å²) in [7, 11) is -5.78. The summed E-state index contributed by atoms with van der Waals surface area (Å²) in [6, 6.07) is 3.60. The zero-order valence-electron chi connectivity index (χ0n) is 18.3. The molecule has 0 aliphatic rings. The average Bonchev–Trinajstić information content (AvgIpc) is 2.78. The van der Waals surface area contributed by atoms with Crippen LogP contribution in [0.3, 0.4) is 0 Å². The van der Waals surface area contributed by atoms with Gasteiger partial charge in [0.25, 0.3) is 0 Å². The predicted octanol–water partition coefficient (Wildman–Crippen LogP) is 6.31. The van der Waals surface area contributed by atoms with Crippen LogP contribution in [0, 0.1) is 36.0 Å². The van der Waals surface area contributed by atoms with Crippen LogP contribution in [0.25, 0.3) is 0 Å². The molecule has 0 spiro atoms. The number of halogens is 8. The van der Waals surface area contributed by atoms with Crippen molar-refractivity contribution >= 4 is 21.4 Å². The molecule has 34 heavy (non-hydrogen) atoms. The van der Waals surface area contributed by atoms with Crippen molar-refractivity contribution in [1.29, 1.82) is 0 Å². The molecule has 0 heterocycles. The fourth-order valence-corrected chi connectivity index (χ4v) is 3.03. The van der Waals surface area contributed by atoms with Crippen molar-refractivity contribution < 1.29 is 48.4 Å². The van der Waals surface area contributed by atoms with Crippen molar-refractivity contribution in [1.82, 2.24) is 0 Å². The Bertz CT molecular complexity index is 1140. The van der Waals surface area contributed by atoms with Crippen molar-refractivity contribution in [3.05, 3.63) is 64.0 Å². The van der Waals surface area contributed by atoms with Gasteiger partial charge in [-0.15, -0.1) is 0 Å². The first kappa shape index (κ1) is 29.1. The third-order valence-corrected chi connectivity index (χ3v) is 5.15. The minimum absolute atomic E-state index is 0.0682. The van der Waals surface area contributed by atoms with Gasteiger partial charge in [0.1, 0.15) is 6.61 Å². The van der Waals surface area contributed by atoms with E-state index in [0.29, 0.717) is 5.56 Å². The van der Waals surface area contributed by atoms with E-state index in [0.717, 1.165) is 6.07 Å². The van der Waals surface area contributed by atoms with Crippen LogP contribution in [0.4, 0.5) is 40.8 Å². The molecule has 5 nitrogen and oxygen atoms in total. The highest BCUT2D eigenvalue weighted by Gasteiger charge is 2.46. The molecule has 0 saturated carbocycles. The van der Waals surface area contributed by atoms with Crippen molar-refractivity contribution in [2.24, 2.45) is 5.16 Å². The Morgan fingerprint density at radius 3 is 1.94 bits per heavy atom. The summed E-state index contributed by atoms with van der Waals surface area (Å²) in [4.78, 5) is 4.68. The Kier molecular flexibility index (Phi) is 9.84. The van der Waals surface area contributed by atoms with E-state index >= 15 is 0 Å². The Labute approximate surface area is 190 Å². The second-order valence-corrected chi connectivity index (χ2v) is 7.99. The van der Waals surface area contributed by atoms with Crippen molar-refractivity contribution in [3.63, 3.8) is 0 Å². The summed E-state index contributed by atoms with van der Waals surface area (Å²) in [5.74, 6) is -11.0. The first-order valence-corrected chi connectivity index (χ1v) is 11.1. The number of alkyl halides is 3. The fourth-order valence-electron chi connectivity index (χ4n) is 2.44. The van der Waals surface area contributed by atoms with E-state index < -0.39 is 62.5 Å². The van der Waals surface area contributed by atoms with E-state index in [2.05, 4.69) is 9.99 Å². The van der Waals surface area contributed by atoms with Crippen LogP contribution < -0.4 is 4.72 Å². The van der Waals surface area contributed by atoms with Gasteiger partial charge < -0.3 is 4.84 Å². The molecule has 1 N–H and O–H groups in total. The zero-order valence-corrected chi connectivity index (χ0v) is 19.1. The molecule has 190 valence electrons. The number of oxime groups is 1. The molecule has 0 saturated heterocycles. The van der Waals surface area contributed by atoms with E-state index in [-0.39, 0.29) is 17.7 Å². The van der Waals surface area contributed by atoms with Crippen molar-refractivity contribution in [2.75, 3.05) is 4.72 Å². The standard InChI is InChI=1S/C18H14F8N2O3S.C2H6/c1-3-11(27-31-7-10-13(19)15(21)17(23)16(22)14(10)20)9-6-8(2)4-5-12(9)28-32(29,30)18(24,25)26;1-2/h4-6,28H,3,7H2,1-2H3;1-2H3/b27-11+;. The molecule has 0 aromatic heterocycles. The maximum absolute atomic E-state index is 13.7. The summed E-state index contributed by atoms with van der Waals surface area (Å²) >= 11 is 0. The van der Waals surface area contributed by atoms with Crippen LogP contribution in [-0.2, 0) is 21.5 Å². The van der Waals surface area contributed by atoms with Crippen molar-refractivity contribution in [3.8, 4) is 0 Å². The van der Waals surface area contributed by atoms with Crippen LogP contribution in [0.1, 0.15) is 43.9 Å². The lowest BCUT2D eigenvalue weighted by atomic mass is 10.0. The van der Waals surface area contributed by atoms with Gasteiger partial charge in [-0.25, -0.2) is 22.0 Å². The average molecular weight is 520 g/mol. The molecule has 2 rings (SSSR count). The molecule has 0 radical (unpaired) electrons. The first-order chi connectivity index (χ1) is 15.7. The highest BCUT2D eigenvalue weighted by atomic mass is 32.2. The molecular formula is C20H20F8N2O3S. The Morgan fingerprint density at radius 2 is 1.47 bits per heavy atom. The fraction of sp³-hybridized carbons (Fsp3) is 0.350. The van der Waals surface area contributed by atoms with Crippen molar-refractivity contribution in [2.45, 2.75) is 46.2 Å². The Balaban J connectivity index is 0.00000281. The lowest BCUT2D eigenvalue weighted by Gasteiger charge is -2.15. The largest absolute Gasteiger partial charge is 0.516 e. The molecule has 0 bridgehead atoms. The number of hydrogen-bond donors (Lipinski definition) is 1. The molecule has 2 aromatic rings. The third kappa shape index (κ3) is 6.36. The van der Waals surface area contributed by atoms with Crippen LogP contribution in [-0.4, -0.2) is 19.6 Å². The smallest absolute Gasteiger partial charge is 0.390 e. The maximum Gasteiger partial charge on any atom is 0.516 e. The zero-order chi connectivity index (χ0) is 26.4. The van der Waals surface area contributed by atoms with E-state index in [1.807, 2.05) is 13.8 Å². The molecule has 0 aliphatic carbocycles. The number of anilines is 1. The van der Waals surface area contributed by atoms with Crippen LogP contribution >= 0.6 is 0 Å². The van der Waals surface area contributed by atoms with Gasteiger partial charge in [0.2, 0.25) is 5.82 Å². The summed E-state index contributed by atoms with van der Waals surface area (Å²) in [5.41, 5.74) is -7.29. The Hall–Kier alpha value is -2.90.